The van der Waals surface area contributed by atoms with Gasteiger partial charge in [0.25, 0.3) is 0 Å². The maximum Gasteiger partial charge on any atom is 0.212 e. The maximum absolute atomic E-state index is 11.8. The zero-order valence-electron chi connectivity index (χ0n) is 9.91. The third-order valence-electron chi connectivity index (χ3n) is 3.47. The van der Waals surface area contributed by atoms with Crippen molar-refractivity contribution in [1.82, 2.24) is 10.0 Å². The lowest BCUT2D eigenvalue weighted by Gasteiger charge is -2.29. The van der Waals surface area contributed by atoms with Crippen LogP contribution in [0, 0.1) is 5.92 Å². The minimum absolute atomic E-state index is 0.0176. The summed E-state index contributed by atoms with van der Waals surface area (Å²) < 4.78 is 26.4. The van der Waals surface area contributed by atoms with Crippen LogP contribution in [0.4, 0.5) is 0 Å². The molecule has 5 heteroatoms. The fraction of sp³-hybridized carbons (Fsp3) is 1.00. The smallest absolute Gasteiger partial charge is 0.212 e. The van der Waals surface area contributed by atoms with Crippen molar-refractivity contribution in [3.63, 3.8) is 0 Å². The van der Waals surface area contributed by atoms with Gasteiger partial charge < -0.3 is 5.32 Å². The standard InChI is InChI=1S/C11H22N2O2S/c1-9(11-4-2-3-7-12-11)13-16(14,15)8-10-5-6-10/h9-13H,2-8H2,1H3. The summed E-state index contributed by atoms with van der Waals surface area (Å²) >= 11 is 0. The number of rotatable bonds is 5. The highest BCUT2D eigenvalue weighted by Crippen LogP contribution is 2.30. The normalized spacial score (nSPS) is 28.9. The second-order valence-corrected chi connectivity index (χ2v) is 6.99. The molecule has 0 spiro atoms. The van der Waals surface area contributed by atoms with Crippen molar-refractivity contribution in [2.75, 3.05) is 12.3 Å². The first-order chi connectivity index (χ1) is 7.57. The van der Waals surface area contributed by atoms with Gasteiger partial charge in [0.15, 0.2) is 0 Å². The molecule has 16 heavy (non-hydrogen) atoms. The number of sulfonamides is 1. The molecule has 4 nitrogen and oxygen atoms in total. The minimum Gasteiger partial charge on any atom is -0.312 e. The molecule has 2 aliphatic rings. The van der Waals surface area contributed by atoms with Gasteiger partial charge in [-0.05, 0) is 45.1 Å². The van der Waals surface area contributed by atoms with Gasteiger partial charge in [-0.25, -0.2) is 13.1 Å². The van der Waals surface area contributed by atoms with Gasteiger partial charge >= 0.3 is 0 Å². The molecule has 2 rings (SSSR count). The molecular formula is C11H22N2O2S. The second-order valence-electron chi connectivity index (χ2n) is 5.19. The van der Waals surface area contributed by atoms with E-state index in [2.05, 4.69) is 10.0 Å². The highest BCUT2D eigenvalue weighted by atomic mass is 32.2. The van der Waals surface area contributed by atoms with Crippen molar-refractivity contribution in [2.24, 2.45) is 5.92 Å². The van der Waals surface area contributed by atoms with Crippen molar-refractivity contribution in [1.29, 1.82) is 0 Å². The zero-order valence-corrected chi connectivity index (χ0v) is 10.7. The molecule has 1 saturated heterocycles. The van der Waals surface area contributed by atoms with Crippen LogP contribution in [0.2, 0.25) is 0 Å². The first-order valence-electron chi connectivity index (χ1n) is 6.30. The summed E-state index contributed by atoms with van der Waals surface area (Å²) in [6, 6.07) is 0.326. The summed E-state index contributed by atoms with van der Waals surface area (Å²) in [6.45, 7) is 2.98. The molecule has 1 aliphatic carbocycles. The van der Waals surface area contributed by atoms with Crippen LogP contribution < -0.4 is 10.0 Å². The van der Waals surface area contributed by atoms with Gasteiger partial charge in [0.1, 0.15) is 0 Å². The van der Waals surface area contributed by atoms with E-state index in [1.165, 1.54) is 12.8 Å². The van der Waals surface area contributed by atoms with E-state index in [0.717, 1.165) is 25.8 Å². The van der Waals surface area contributed by atoms with Crippen LogP contribution in [0.25, 0.3) is 0 Å². The van der Waals surface area contributed by atoms with E-state index in [0.29, 0.717) is 17.7 Å². The fourth-order valence-electron chi connectivity index (χ4n) is 2.31. The molecule has 0 bridgehead atoms. The van der Waals surface area contributed by atoms with Gasteiger partial charge in [-0.2, -0.15) is 0 Å². The van der Waals surface area contributed by atoms with Crippen LogP contribution in [-0.2, 0) is 10.0 Å². The Morgan fingerprint density at radius 1 is 1.31 bits per heavy atom. The van der Waals surface area contributed by atoms with Gasteiger partial charge in [-0.15, -0.1) is 0 Å². The topological polar surface area (TPSA) is 58.2 Å². The molecule has 0 radical (unpaired) electrons. The van der Waals surface area contributed by atoms with Crippen LogP contribution in [-0.4, -0.2) is 32.8 Å². The Bertz CT molecular complexity index is 319. The number of hydrogen-bond donors (Lipinski definition) is 2. The molecule has 0 aromatic carbocycles. The average molecular weight is 246 g/mol. The number of hydrogen-bond acceptors (Lipinski definition) is 3. The van der Waals surface area contributed by atoms with Crippen molar-refractivity contribution in [3.8, 4) is 0 Å². The summed E-state index contributed by atoms with van der Waals surface area (Å²) in [4.78, 5) is 0. The highest BCUT2D eigenvalue weighted by molar-refractivity contribution is 7.89. The molecule has 2 fully saturated rings. The predicted octanol–water partition coefficient (Wildman–Crippen LogP) is 0.846. The number of nitrogens with one attached hydrogen (secondary N) is 2. The summed E-state index contributed by atoms with van der Waals surface area (Å²) in [5, 5.41) is 3.38. The lowest BCUT2D eigenvalue weighted by Crippen LogP contribution is -2.50. The maximum atomic E-state index is 11.8. The van der Waals surface area contributed by atoms with Crippen molar-refractivity contribution in [3.05, 3.63) is 0 Å². The molecule has 0 aromatic rings. The van der Waals surface area contributed by atoms with E-state index in [9.17, 15) is 8.42 Å². The van der Waals surface area contributed by atoms with Gasteiger partial charge in [0, 0.05) is 12.1 Å². The van der Waals surface area contributed by atoms with Gasteiger partial charge in [-0.3, -0.25) is 0 Å². The van der Waals surface area contributed by atoms with E-state index in [1.807, 2.05) is 6.92 Å². The molecular weight excluding hydrogens is 224 g/mol. The molecule has 1 heterocycles. The quantitative estimate of drug-likeness (QED) is 0.756. The molecule has 0 amide bonds. The van der Waals surface area contributed by atoms with Crippen molar-refractivity contribution >= 4 is 10.0 Å². The van der Waals surface area contributed by atoms with Gasteiger partial charge in [0.2, 0.25) is 10.0 Å². The SMILES string of the molecule is CC(NS(=O)(=O)CC1CC1)C1CCCCN1. The Kier molecular flexibility index (Phi) is 3.87. The molecule has 2 unspecified atom stereocenters. The second kappa shape index (κ2) is 5.02. The highest BCUT2D eigenvalue weighted by Gasteiger charge is 2.30. The monoisotopic (exact) mass is 246 g/mol. The van der Waals surface area contributed by atoms with Crippen LogP contribution >= 0.6 is 0 Å². The van der Waals surface area contributed by atoms with E-state index in [-0.39, 0.29) is 6.04 Å². The Morgan fingerprint density at radius 3 is 2.62 bits per heavy atom. The largest absolute Gasteiger partial charge is 0.312 e. The zero-order chi connectivity index (χ0) is 11.6. The Balaban J connectivity index is 1.82. The van der Waals surface area contributed by atoms with E-state index in [1.54, 1.807) is 0 Å². The average Bonchev–Trinajstić information content (AvgIpc) is 3.01. The van der Waals surface area contributed by atoms with Crippen LogP contribution in [0.5, 0.6) is 0 Å². The third-order valence-corrected chi connectivity index (χ3v) is 5.11. The lowest BCUT2D eigenvalue weighted by atomic mass is 10.00. The predicted molar refractivity (Wildman–Crippen MR) is 64.8 cm³/mol. The first kappa shape index (κ1) is 12.3. The summed E-state index contributed by atoms with van der Waals surface area (Å²) in [5.74, 6) is 0.744. The van der Waals surface area contributed by atoms with Crippen molar-refractivity contribution in [2.45, 2.75) is 51.1 Å². The number of piperidine rings is 1. The van der Waals surface area contributed by atoms with Gasteiger partial charge in [-0.1, -0.05) is 6.42 Å². The summed E-state index contributed by atoms with van der Waals surface area (Å²) in [5.41, 5.74) is 0. The van der Waals surface area contributed by atoms with Gasteiger partial charge in [0.05, 0.1) is 5.75 Å². The van der Waals surface area contributed by atoms with E-state index in [4.69, 9.17) is 0 Å². The fourth-order valence-corrected chi connectivity index (χ4v) is 4.09. The first-order valence-corrected chi connectivity index (χ1v) is 7.95. The Morgan fingerprint density at radius 2 is 2.06 bits per heavy atom. The Hall–Kier alpha value is -0.130. The summed E-state index contributed by atoms with van der Waals surface area (Å²) in [6.07, 6.45) is 5.64. The van der Waals surface area contributed by atoms with Crippen LogP contribution in [0.15, 0.2) is 0 Å². The van der Waals surface area contributed by atoms with Crippen LogP contribution in [0.1, 0.15) is 39.0 Å². The van der Waals surface area contributed by atoms with Crippen LogP contribution in [0.3, 0.4) is 0 Å². The van der Waals surface area contributed by atoms with E-state index >= 15 is 0 Å². The molecule has 2 atom stereocenters. The van der Waals surface area contributed by atoms with Crippen molar-refractivity contribution < 1.29 is 8.42 Å². The molecule has 0 aromatic heterocycles. The molecule has 94 valence electrons. The molecule has 1 aliphatic heterocycles. The summed E-state index contributed by atoms with van der Waals surface area (Å²) in [7, 11) is -3.06. The molecule has 2 N–H and O–H groups in total. The van der Waals surface area contributed by atoms with E-state index < -0.39 is 10.0 Å². The molecule has 1 saturated carbocycles. The third kappa shape index (κ3) is 3.71. The Labute approximate surface area is 98.2 Å². The lowest BCUT2D eigenvalue weighted by molar-refractivity contribution is 0.347. The minimum atomic E-state index is -3.06.